The van der Waals surface area contributed by atoms with Gasteiger partial charge in [0.2, 0.25) is 0 Å². The molecule has 1 fully saturated rings. The number of fused-ring (bicyclic) bond motifs is 1. The van der Waals surface area contributed by atoms with Crippen molar-refractivity contribution in [1.82, 2.24) is 19.8 Å². The van der Waals surface area contributed by atoms with E-state index in [-0.39, 0.29) is 23.8 Å². The number of aromatic nitrogens is 2. The molecule has 2 N–H and O–H groups in total. The van der Waals surface area contributed by atoms with Crippen molar-refractivity contribution in [1.29, 1.82) is 0 Å². The Hall–Kier alpha value is -3.30. The molecule has 0 radical (unpaired) electrons. The monoisotopic (exact) mass is 514 g/mol. The van der Waals surface area contributed by atoms with Crippen molar-refractivity contribution in [3.63, 3.8) is 0 Å². The average molecular weight is 515 g/mol. The zero-order valence-corrected chi connectivity index (χ0v) is 22.4. The van der Waals surface area contributed by atoms with Crippen molar-refractivity contribution >= 4 is 45.6 Å². The van der Waals surface area contributed by atoms with Crippen LogP contribution in [0.5, 0.6) is 5.75 Å². The molecule has 4 rings (SSSR count). The maximum atomic E-state index is 12.8. The van der Waals surface area contributed by atoms with Crippen LogP contribution in [0, 0.1) is 0 Å². The van der Waals surface area contributed by atoms with E-state index in [2.05, 4.69) is 32.5 Å². The maximum Gasteiger partial charge on any atom is 0.293 e. The van der Waals surface area contributed by atoms with E-state index in [1.807, 2.05) is 45.0 Å². The number of rotatable bonds is 7. The second kappa shape index (κ2) is 12.6. The summed E-state index contributed by atoms with van der Waals surface area (Å²) >= 11 is 6.45. The zero-order valence-electron chi connectivity index (χ0n) is 21.6. The first kappa shape index (κ1) is 27.3. The molecule has 3 aromatic rings. The van der Waals surface area contributed by atoms with Crippen LogP contribution in [0.1, 0.15) is 20.8 Å². The van der Waals surface area contributed by atoms with Crippen molar-refractivity contribution < 1.29 is 9.53 Å². The number of likely N-dealkylation sites (N-methyl/N-ethyl adjacent to an activating group) is 2. The first-order valence-electron chi connectivity index (χ1n) is 12.3. The third-order valence-corrected chi connectivity index (χ3v) is 6.26. The summed E-state index contributed by atoms with van der Waals surface area (Å²) in [6.45, 7) is 9.95. The molecule has 0 unspecified atom stereocenters. The fraction of sp³-hybridized carbons (Fsp3) is 0.423. The Morgan fingerprint density at radius 2 is 1.86 bits per heavy atom. The number of amides is 1. The number of hydrogen-bond donors (Lipinski definition) is 2. The van der Waals surface area contributed by atoms with Crippen LogP contribution in [0.25, 0.3) is 10.9 Å². The Kier molecular flexibility index (Phi) is 9.55. The van der Waals surface area contributed by atoms with E-state index in [9.17, 15) is 9.59 Å². The van der Waals surface area contributed by atoms with Crippen molar-refractivity contribution in [3.8, 4) is 5.75 Å². The predicted octanol–water partition coefficient (Wildman–Crippen LogP) is 3.72. The van der Waals surface area contributed by atoms with Gasteiger partial charge in [0.25, 0.3) is 11.5 Å². The SMILES string of the molecule is CC.CCn1c(=O)c(OCC(=O)NC)cc2cc(Nc3cc(N4CCN(C)CC4)ncc3Cl)ccc21. The van der Waals surface area contributed by atoms with Gasteiger partial charge in [-0.2, -0.15) is 0 Å². The van der Waals surface area contributed by atoms with Gasteiger partial charge in [-0.3, -0.25) is 9.59 Å². The van der Waals surface area contributed by atoms with E-state index in [4.69, 9.17) is 16.3 Å². The Bertz CT molecular complexity index is 1250. The smallest absolute Gasteiger partial charge is 0.293 e. The number of benzene rings is 1. The molecular formula is C26H35ClN6O3. The number of pyridine rings is 2. The van der Waals surface area contributed by atoms with Crippen LogP contribution in [-0.4, -0.2) is 67.2 Å². The average Bonchev–Trinajstić information content (AvgIpc) is 2.90. The standard InChI is InChI=1S/C24H29ClN6O3.C2H6/c1-4-31-20-6-5-17(11-16(20)12-21(24(31)33)34-15-23(32)26-2)28-19-13-22(27-14-18(19)25)30-9-7-29(3)8-10-30;1-2/h5-6,11-14H,4,7-10,15H2,1-3H3,(H,26,32)(H,27,28);1-2H3. The molecule has 9 nitrogen and oxygen atoms in total. The van der Waals surface area contributed by atoms with E-state index < -0.39 is 0 Å². The number of aryl methyl sites for hydroxylation is 1. The van der Waals surface area contributed by atoms with Crippen molar-refractivity contribution in [3.05, 3.63) is 51.9 Å². The van der Waals surface area contributed by atoms with Crippen LogP contribution >= 0.6 is 11.6 Å². The number of piperazine rings is 1. The number of carbonyl (C=O) groups excluding carboxylic acids is 1. The molecule has 1 saturated heterocycles. The first-order valence-corrected chi connectivity index (χ1v) is 12.6. The minimum absolute atomic E-state index is 0.134. The lowest BCUT2D eigenvalue weighted by Crippen LogP contribution is -2.44. The van der Waals surface area contributed by atoms with Gasteiger partial charge in [0.1, 0.15) is 5.82 Å². The normalized spacial score (nSPS) is 13.7. The summed E-state index contributed by atoms with van der Waals surface area (Å²) < 4.78 is 7.13. The van der Waals surface area contributed by atoms with E-state index in [0.29, 0.717) is 11.6 Å². The molecule has 0 bridgehead atoms. The number of halogens is 1. The molecule has 10 heteroatoms. The minimum atomic E-state index is -0.304. The first-order chi connectivity index (χ1) is 17.4. The van der Waals surface area contributed by atoms with Gasteiger partial charge in [0.15, 0.2) is 12.4 Å². The lowest BCUT2D eigenvalue weighted by molar-refractivity contribution is -0.122. The van der Waals surface area contributed by atoms with Crippen LogP contribution in [0.15, 0.2) is 41.3 Å². The highest BCUT2D eigenvalue weighted by Crippen LogP contribution is 2.30. The van der Waals surface area contributed by atoms with Gasteiger partial charge >= 0.3 is 0 Å². The fourth-order valence-electron chi connectivity index (χ4n) is 3.96. The molecule has 0 spiro atoms. The van der Waals surface area contributed by atoms with Gasteiger partial charge in [0, 0.05) is 56.9 Å². The molecule has 36 heavy (non-hydrogen) atoms. The second-order valence-corrected chi connectivity index (χ2v) is 8.64. The van der Waals surface area contributed by atoms with Gasteiger partial charge in [0.05, 0.1) is 22.4 Å². The number of carbonyl (C=O) groups is 1. The van der Waals surface area contributed by atoms with Gasteiger partial charge < -0.3 is 29.7 Å². The second-order valence-electron chi connectivity index (χ2n) is 8.23. The molecule has 1 aliphatic heterocycles. The summed E-state index contributed by atoms with van der Waals surface area (Å²) in [5.41, 5.74) is 2.08. The highest BCUT2D eigenvalue weighted by Gasteiger charge is 2.17. The predicted molar refractivity (Wildman–Crippen MR) is 147 cm³/mol. The molecular weight excluding hydrogens is 480 g/mol. The molecule has 3 heterocycles. The van der Waals surface area contributed by atoms with Crippen LogP contribution in [-0.2, 0) is 11.3 Å². The molecule has 1 amide bonds. The Balaban J connectivity index is 0.00000176. The van der Waals surface area contributed by atoms with Crippen LogP contribution in [0.2, 0.25) is 5.02 Å². The van der Waals surface area contributed by atoms with Gasteiger partial charge in [-0.05, 0) is 38.2 Å². The highest BCUT2D eigenvalue weighted by molar-refractivity contribution is 6.33. The molecule has 1 aromatic carbocycles. The summed E-state index contributed by atoms with van der Waals surface area (Å²) in [6.07, 6.45) is 1.66. The highest BCUT2D eigenvalue weighted by atomic mass is 35.5. The van der Waals surface area contributed by atoms with Crippen LogP contribution in [0.3, 0.4) is 0 Å². The van der Waals surface area contributed by atoms with Crippen molar-refractivity contribution in [2.75, 3.05) is 57.1 Å². The lowest BCUT2D eigenvalue weighted by Gasteiger charge is -2.33. The van der Waals surface area contributed by atoms with E-state index in [0.717, 1.165) is 54.3 Å². The number of anilines is 3. The van der Waals surface area contributed by atoms with Crippen LogP contribution < -0.4 is 25.8 Å². The third kappa shape index (κ3) is 6.27. The summed E-state index contributed by atoms with van der Waals surface area (Å²) in [7, 11) is 3.64. The summed E-state index contributed by atoms with van der Waals surface area (Å²) in [6, 6.07) is 9.36. The van der Waals surface area contributed by atoms with E-state index in [1.54, 1.807) is 16.8 Å². The van der Waals surface area contributed by atoms with Crippen molar-refractivity contribution in [2.24, 2.45) is 0 Å². The van der Waals surface area contributed by atoms with E-state index in [1.165, 1.54) is 7.05 Å². The molecule has 1 aliphatic rings. The van der Waals surface area contributed by atoms with Gasteiger partial charge in [-0.1, -0.05) is 25.4 Å². The summed E-state index contributed by atoms with van der Waals surface area (Å²) in [4.78, 5) is 33.4. The minimum Gasteiger partial charge on any atom is -0.478 e. The largest absolute Gasteiger partial charge is 0.478 e. The Morgan fingerprint density at radius 1 is 1.14 bits per heavy atom. The zero-order chi connectivity index (χ0) is 26.2. The lowest BCUT2D eigenvalue weighted by atomic mass is 10.1. The maximum absolute atomic E-state index is 12.8. The molecule has 0 saturated carbocycles. The number of nitrogens with one attached hydrogen (secondary N) is 2. The summed E-state index contributed by atoms with van der Waals surface area (Å²) in [5, 5.41) is 7.20. The topological polar surface area (TPSA) is 91.7 Å². The van der Waals surface area contributed by atoms with Gasteiger partial charge in [-0.15, -0.1) is 0 Å². The number of nitrogens with zero attached hydrogens (tertiary/aromatic N) is 4. The quantitative estimate of drug-likeness (QED) is 0.496. The molecule has 0 aliphatic carbocycles. The van der Waals surface area contributed by atoms with Crippen LogP contribution in [0.4, 0.5) is 17.2 Å². The Morgan fingerprint density at radius 3 is 2.53 bits per heavy atom. The fourth-order valence-corrected chi connectivity index (χ4v) is 4.11. The molecule has 194 valence electrons. The third-order valence-electron chi connectivity index (χ3n) is 5.96. The number of hydrogen-bond acceptors (Lipinski definition) is 7. The van der Waals surface area contributed by atoms with Crippen molar-refractivity contribution in [2.45, 2.75) is 27.3 Å². The molecule has 2 aromatic heterocycles. The van der Waals surface area contributed by atoms with E-state index >= 15 is 0 Å². The van der Waals surface area contributed by atoms with Gasteiger partial charge in [-0.25, -0.2) is 4.98 Å². The summed E-state index contributed by atoms with van der Waals surface area (Å²) in [5.74, 6) is 0.710. The Labute approximate surface area is 217 Å². The molecule has 0 atom stereocenters. The number of ether oxygens (including phenoxy) is 1.